The Hall–Kier alpha value is -2.80. The van der Waals surface area contributed by atoms with Gasteiger partial charge in [0.05, 0.1) is 11.8 Å². The number of aliphatic hydroxyl groups excluding tert-OH is 1. The number of hydrogen-bond donors (Lipinski definition) is 3. The van der Waals surface area contributed by atoms with Gasteiger partial charge in [-0.15, -0.1) is 0 Å². The molecular formula is C17H16F2N2O3. The summed E-state index contributed by atoms with van der Waals surface area (Å²) in [6.45, 7) is -0.132. The zero-order chi connectivity index (χ0) is 17.5. The lowest BCUT2D eigenvalue weighted by Crippen LogP contribution is -2.40. The molecule has 0 radical (unpaired) electrons. The fourth-order valence-electron chi connectivity index (χ4n) is 2.02. The van der Waals surface area contributed by atoms with E-state index in [9.17, 15) is 23.5 Å². The molecule has 0 saturated carbocycles. The minimum absolute atomic E-state index is 0.132. The summed E-state index contributed by atoms with van der Waals surface area (Å²) in [4.78, 5) is 23.3. The van der Waals surface area contributed by atoms with Crippen molar-refractivity contribution < 1.29 is 23.5 Å². The lowest BCUT2D eigenvalue weighted by Gasteiger charge is -2.12. The van der Waals surface area contributed by atoms with Gasteiger partial charge in [-0.3, -0.25) is 9.59 Å². The van der Waals surface area contributed by atoms with Crippen molar-refractivity contribution >= 4 is 17.5 Å². The van der Waals surface area contributed by atoms with Crippen molar-refractivity contribution in [3.05, 3.63) is 65.7 Å². The topological polar surface area (TPSA) is 78.4 Å². The summed E-state index contributed by atoms with van der Waals surface area (Å²) < 4.78 is 26.2. The second kappa shape index (κ2) is 8.16. The maximum atomic E-state index is 13.4. The second-order valence-corrected chi connectivity index (χ2v) is 5.13. The lowest BCUT2D eigenvalue weighted by molar-refractivity contribution is -0.136. The summed E-state index contributed by atoms with van der Waals surface area (Å²) in [6, 6.07) is 11.7. The molecule has 0 aliphatic carbocycles. The highest BCUT2D eigenvalue weighted by molar-refractivity contribution is 6.39. The Morgan fingerprint density at radius 3 is 2.42 bits per heavy atom. The first-order valence-electron chi connectivity index (χ1n) is 7.22. The van der Waals surface area contributed by atoms with Crippen LogP contribution >= 0.6 is 0 Å². The van der Waals surface area contributed by atoms with E-state index in [4.69, 9.17) is 0 Å². The van der Waals surface area contributed by atoms with Crippen LogP contribution in [0, 0.1) is 11.6 Å². The van der Waals surface area contributed by atoms with E-state index in [1.54, 1.807) is 0 Å². The molecule has 5 nitrogen and oxygen atoms in total. The SMILES string of the molecule is O=C(NCC(O)Cc1ccccc1)C(=O)Nc1ccc(F)cc1F. The highest BCUT2D eigenvalue weighted by atomic mass is 19.1. The summed E-state index contributed by atoms with van der Waals surface area (Å²) in [5.74, 6) is -3.91. The van der Waals surface area contributed by atoms with Gasteiger partial charge in [-0.25, -0.2) is 8.78 Å². The summed E-state index contributed by atoms with van der Waals surface area (Å²) in [5.41, 5.74) is 0.582. The maximum Gasteiger partial charge on any atom is 0.313 e. The van der Waals surface area contributed by atoms with Gasteiger partial charge >= 0.3 is 11.8 Å². The molecule has 2 amide bonds. The third-order valence-corrected chi connectivity index (χ3v) is 3.20. The first-order valence-corrected chi connectivity index (χ1v) is 7.22. The van der Waals surface area contributed by atoms with E-state index in [2.05, 4.69) is 5.32 Å². The highest BCUT2D eigenvalue weighted by Gasteiger charge is 2.17. The highest BCUT2D eigenvalue weighted by Crippen LogP contribution is 2.14. The van der Waals surface area contributed by atoms with Crippen LogP contribution in [0.25, 0.3) is 0 Å². The largest absolute Gasteiger partial charge is 0.391 e. The lowest BCUT2D eigenvalue weighted by atomic mass is 10.1. The standard InChI is InChI=1S/C17H16F2N2O3/c18-12-6-7-15(14(19)9-12)21-17(24)16(23)20-10-13(22)8-11-4-2-1-3-5-11/h1-7,9,13,22H,8,10H2,(H,20,23)(H,21,24). The number of carbonyl (C=O) groups excluding carboxylic acids is 2. The van der Waals surface area contributed by atoms with Crippen molar-refractivity contribution in [2.75, 3.05) is 11.9 Å². The van der Waals surface area contributed by atoms with Crippen molar-refractivity contribution in [2.45, 2.75) is 12.5 Å². The number of nitrogens with one attached hydrogen (secondary N) is 2. The first kappa shape index (κ1) is 17.6. The minimum Gasteiger partial charge on any atom is -0.391 e. The number of amides is 2. The van der Waals surface area contributed by atoms with Gasteiger partial charge in [0.15, 0.2) is 0 Å². The molecular weight excluding hydrogens is 318 g/mol. The van der Waals surface area contributed by atoms with Gasteiger partial charge < -0.3 is 15.7 Å². The summed E-state index contributed by atoms with van der Waals surface area (Å²) >= 11 is 0. The molecule has 0 saturated heterocycles. The zero-order valence-electron chi connectivity index (χ0n) is 12.6. The molecule has 126 valence electrons. The quantitative estimate of drug-likeness (QED) is 0.727. The van der Waals surface area contributed by atoms with Crippen molar-refractivity contribution in [1.82, 2.24) is 5.32 Å². The number of aliphatic hydroxyl groups is 1. The minimum atomic E-state index is -1.10. The van der Waals surface area contributed by atoms with E-state index in [1.807, 2.05) is 35.6 Å². The summed E-state index contributed by atoms with van der Waals surface area (Å²) in [6.07, 6.45) is -0.554. The maximum absolute atomic E-state index is 13.4. The van der Waals surface area contributed by atoms with Gasteiger partial charge in [0.2, 0.25) is 0 Å². The summed E-state index contributed by atoms with van der Waals surface area (Å²) in [5, 5.41) is 14.1. The Labute approximate surface area is 137 Å². The van der Waals surface area contributed by atoms with Gasteiger partial charge in [-0.1, -0.05) is 30.3 Å². The number of benzene rings is 2. The number of rotatable bonds is 5. The van der Waals surface area contributed by atoms with Crippen LogP contribution in [0.5, 0.6) is 0 Å². The molecule has 3 N–H and O–H groups in total. The van der Waals surface area contributed by atoms with Gasteiger partial charge in [0.25, 0.3) is 0 Å². The van der Waals surface area contributed by atoms with E-state index in [0.717, 1.165) is 17.7 Å². The molecule has 0 aromatic heterocycles. The predicted molar refractivity (Wildman–Crippen MR) is 84.2 cm³/mol. The number of carbonyl (C=O) groups is 2. The van der Waals surface area contributed by atoms with Crippen LogP contribution in [0.2, 0.25) is 0 Å². The van der Waals surface area contributed by atoms with Crippen molar-refractivity contribution in [1.29, 1.82) is 0 Å². The third kappa shape index (κ3) is 5.13. The van der Waals surface area contributed by atoms with E-state index in [0.29, 0.717) is 12.5 Å². The van der Waals surface area contributed by atoms with E-state index in [1.165, 1.54) is 0 Å². The van der Waals surface area contributed by atoms with Crippen molar-refractivity contribution in [2.24, 2.45) is 0 Å². The van der Waals surface area contributed by atoms with Crippen molar-refractivity contribution in [3.63, 3.8) is 0 Å². The van der Waals surface area contributed by atoms with Crippen LogP contribution in [0.4, 0.5) is 14.5 Å². The molecule has 1 atom stereocenters. The Kier molecular flexibility index (Phi) is 5.97. The van der Waals surface area contributed by atoms with E-state index < -0.39 is 29.6 Å². The van der Waals surface area contributed by atoms with Crippen LogP contribution in [0.15, 0.2) is 48.5 Å². The van der Waals surface area contributed by atoms with Crippen LogP contribution in [0.1, 0.15) is 5.56 Å². The molecule has 2 aromatic carbocycles. The Morgan fingerprint density at radius 2 is 1.75 bits per heavy atom. The van der Waals surface area contributed by atoms with Crippen LogP contribution < -0.4 is 10.6 Å². The zero-order valence-corrected chi connectivity index (χ0v) is 12.6. The van der Waals surface area contributed by atoms with Crippen LogP contribution in [-0.2, 0) is 16.0 Å². The molecule has 24 heavy (non-hydrogen) atoms. The van der Waals surface area contributed by atoms with Gasteiger partial charge in [0.1, 0.15) is 11.6 Å². The monoisotopic (exact) mass is 334 g/mol. The van der Waals surface area contributed by atoms with Crippen LogP contribution in [-0.4, -0.2) is 29.6 Å². The van der Waals surface area contributed by atoms with Gasteiger partial charge in [-0.2, -0.15) is 0 Å². The molecule has 7 heteroatoms. The Morgan fingerprint density at radius 1 is 1.04 bits per heavy atom. The second-order valence-electron chi connectivity index (χ2n) is 5.13. The average Bonchev–Trinajstić information content (AvgIpc) is 2.56. The first-order chi connectivity index (χ1) is 11.5. The van der Waals surface area contributed by atoms with Gasteiger partial charge in [-0.05, 0) is 17.7 Å². The number of anilines is 1. The molecule has 1 unspecified atom stereocenters. The third-order valence-electron chi connectivity index (χ3n) is 3.20. The predicted octanol–water partition coefficient (Wildman–Crippen LogP) is 1.62. The van der Waals surface area contributed by atoms with E-state index in [-0.39, 0.29) is 12.2 Å². The fraction of sp³-hybridized carbons (Fsp3) is 0.176. The average molecular weight is 334 g/mol. The number of halogens is 2. The molecule has 2 rings (SSSR count). The molecule has 0 aliphatic heterocycles. The molecule has 0 aliphatic rings. The van der Waals surface area contributed by atoms with Gasteiger partial charge in [0, 0.05) is 19.0 Å². The Balaban J connectivity index is 1.82. The van der Waals surface area contributed by atoms with E-state index >= 15 is 0 Å². The van der Waals surface area contributed by atoms with Crippen molar-refractivity contribution in [3.8, 4) is 0 Å². The molecule has 0 spiro atoms. The Bertz CT molecular complexity index is 723. The molecule has 0 heterocycles. The molecule has 0 bridgehead atoms. The fourth-order valence-corrected chi connectivity index (χ4v) is 2.02. The normalized spacial score (nSPS) is 11.6. The number of hydrogen-bond acceptors (Lipinski definition) is 3. The molecule has 0 fully saturated rings. The molecule has 2 aromatic rings. The van der Waals surface area contributed by atoms with Crippen LogP contribution in [0.3, 0.4) is 0 Å². The smallest absolute Gasteiger partial charge is 0.313 e. The summed E-state index contributed by atoms with van der Waals surface area (Å²) in [7, 11) is 0.